The van der Waals surface area contributed by atoms with Gasteiger partial charge in [0.05, 0.1) is 7.11 Å². The molecule has 2 atom stereocenters. The van der Waals surface area contributed by atoms with Gasteiger partial charge in [0.25, 0.3) is 5.91 Å². The van der Waals surface area contributed by atoms with Gasteiger partial charge in [0, 0.05) is 41.3 Å². The summed E-state index contributed by atoms with van der Waals surface area (Å²) >= 11 is 3.58. The summed E-state index contributed by atoms with van der Waals surface area (Å²) in [7, 11) is 1.58. The van der Waals surface area contributed by atoms with E-state index in [0.717, 1.165) is 36.9 Å². The van der Waals surface area contributed by atoms with Crippen LogP contribution in [0.1, 0.15) is 64.6 Å². The van der Waals surface area contributed by atoms with E-state index in [1.807, 2.05) is 57.7 Å². The lowest BCUT2D eigenvalue weighted by Gasteiger charge is -2.42. The van der Waals surface area contributed by atoms with E-state index in [-0.39, 0.29) is 23.8 Å². The molecule has 0 aliphatic carbocycles. The van der Waals surface area contributed by atoms with Crippen molar-refractivity contribution in [3.8, 4) is 11.5 Å². The van der Waals surface area contributed by atoms with Crippen LogP contribution in [-0.2, 0) is 16.1 Å². The van der Waals surface area contributed by atoms with Crippen molar-refractivity contribution in [1.82, 2.24) is 15.1 Å². The van der Waals surface area contributed by atoms with Crippen molar-refractivity contribution in [3.05, 3.63) is 58.1 Å². The second-order valence-electron chi connectivity index (χ2n) is 11.7. The number of piperidine rings is 1. The fourth-order valence-corrected chi connectivity index (χ4v) is 5.84. The van der Waals surface area contributed by atoms with E-state index in [0.29, 0.717) is 17.1 Å². The molecule has 0 radical (unpaired) electrons. The highest BCUT2D eigenvalue weighted by Crippen LogP contribution is 2.45. The van der Waals surface area contributed by atoms with Crippen LogP contribution >= 0.6 is 15.9 Å². The van der Waals surface area contributed by atoms with Crippen LogP contribution in [0, 0.1) is 5.92 Å². The topological polar surface area (TPSA) is 71.1 Å². The van der Waals surface area contributed by atoms with Gasteiger partial charge in [-0.15, -0.1) is 0 Å². The smallest absolute Gasteiger partial charge is 0.265 e. The Labute approximate surface area is 235 Å². The zero-order valence-corrected chi connectivity index (χ0v) is 24.9. The molecular weight excluding hydrogens is 546 g/mol. The minimum absolute atomic E-state index is 0.0891. The molecule has 2 amide bonds. The Balaban J connectivity index is 1.73. The van der Waals surface area contributed by atoms with Gasteiger partial charge in [-0.1, -0.05) is 60.1 Å². The van der Waals surface area contributed by atoms with Crippen LogP contribution < -0.4 is 14.8 Å². The third-order valence-electron chi connectivity index (χ3n) is 7.14. The number of amides is 2. The molecule has 0 spiro atoms. The molecule has 0 aromatic heterocycles. The normalized spacial score (nSPS) is 21.1. The average Bonchev–Trinajstić information content (AvgIpc) is 2.98. The Kier molecular flexibility index (Phi) is 8.72. The van der Waals surface area contributed by atoms with E-state index in [2.05, 4.69) is 50.4 Å². The number of hydrogen-bond donors (Lipinski definition) is 1. The van der Waals surface area contributed by atoms with E-state index >= 15 is 0 Å². The molecule has 1 N–H and O–H groups in total. The van der Waals surface area contributed by atoms with Crippen molar-refractivity contribution in [3.63, 3.8) is 0 Å². The molecule has 206 valence electrons. The minimum Gasteiger partial charge on any atom is -0.493 e. The number of likely N-dealkylation sites (tertiary alicyclic amines) is 1. The van der Waals surface area contributed by atoms with Crippen LogP contribution in [0.5, 0.6) is 11.5 Å². The number of nitrogens with zero attached hydrogens (tertiary/aromatic N) is 2. The summed E-state index contributed by atoms with van der Waals surface area (Å²) in [5.41, 5.74) is 1.45. The lowest BCUT2D eigenvalue weighted by atomic mass is 9.94. The van der Waals surface area contributed by atoms with Gasteiger partial charge >= 0.3 is 0 Å². The molecule has 0 saturated carbocycles. The number of halogens is 1. The van der Waals surface area contributed by atoms with Crippen molar-refractivity contribution in [2.24, 2.45) is 5.92 Å². The maximum atomic E-state index is 14.2. The molecule has 2 aliphatic rings. The number of methoxy groups -OCH3 is 1. The number of rotatable bonds is 6. The zero-order valence-electron chi connectivity index (χ0n) is 23.3. The van der Waals surface area contributed by atoms with Gasteiger partial charge in [-0.3, -0.25) is 14.5 Å². The maximum absolute atomic E-state index is 14.2. The van der Waals surface area contributed by atoms with Gasteiger partial charge in [0.1, 0.15) is 6.04 Å². The van der Waals surface area contributed by atoms with Gasteiger partial charge in [-0.2, -0.15) is 0 Å². The Morgan fingerprint density at radius 2 is 1.82 bits per heavy atom. The van der Waals surface area contributed by atoms with Crippen LogP contribution in [0.15, 0.2) is 46.9 Å². The third-order valence-corrected chi connectivity index (χ3v) is 7.59. The van der Waals surface area contributed by atoms with Gasteiger partial charge in [0.15, 0.2) is 17.6 Å². The Hall–Kier alpha value is -2.58. The number of fused-ring (bicyclic) bond motifs is 1. The minimum atomic E-state index is -0.836. The molecule has 38 heavy (non-hydrogen) atoms. The molecule has 2 aliphatic heterocycles. The van der Waals surface area contributed by atoms with E-state index in [1.165, 1.54) is 5.56 Å². The van der Waals surface area contributed by atoms with E-state index in [4.69, 9.17) is 9.47 Å². The standard InChI is InChI=1S/C30H40BrN3O4/c1-19(2)26-29(36)34(22-12-14-33(15-13-22)18-20-10-8-7-9-11-20)25(28(35)32-30(3,4)5)23-16-21(31)17-24(37-6)27(23)38-26/h7-11,16-17,19,22,25-26H,12-15,18H2,1-6H3,(H,32,35). The predicted molar refractivity (Wildman–Crippen MR) is 152 cm³/mol. The van der Waals surface area contributed by atoms with Crippen LogP contribution in [0.3, 0.4) is 0 Å². The van der Waals surface area contributed by atoms with E-state index in [1.54, 1.807) is 7.11 Å². The maximum Gasteiger partial charge on any atom is 0.265 e. The number of carbonyl (C=O) groups is 2. The monoisotopic (exact) mass is 585 g/mol. The Morgan fingerprint density at radius 3 is 2.39 bits per heavy atom. The summed E-state index contributed by atoms with van der Waals surface area (Å²) < 4.78 is 12.8. The lowest BCUT2D eigenvalue weighted by Crippen LogP contribution is -2.56. The largest absolute Gasteiger partial charge is 0.493 e. The van der Waals surface area contributed by atoms with Crippen LogP contribution in [-0.4, -0.2) is 59.5 Å². The molecule has 2 heterocycles. The van der Waals surface area contributed by atoms with Gasteiger partial charge in [-0.05, 0) is 57.2 Å². The fourth-order valence-electron chi connectivity index (χ4n) is 5.39. The number of benzene rings is 2. The second-order valence-corrected chi connectivity index (χ2v) is 12.6. The number of hydrogen-bond acceptors (Lipinski definition) is 5. The van der Waals surface area contributed by atoms with Crippen LogP contribution in [0.2, 0.25) is 0 Å². The van der Waals surface area contributed by atoms with Crippen molar-refractivity contribution in [2.45, 2.75) is 77.7 Å². The van der Waals surface area contributed by atoms with Crippen molar-refractivity contribution in [1.29, 1.82) is 0 Å². The molecule has 7 nitrogen and oxygen atoms in total. The number of nitrogens with one attached hydrogen (secondary N) is 1. The highest BCUT2D eigenvalue weighted by atomic mass is 79.9. The first-order valence-electron chi connectivity index (χ1n) is 13.4. The Bertz CT molecular complexity index is 1140. The summed E-state index contributed by atoms with van der Waals surface area (Å²) in [5, 5.41) is 3.13. The van der Waals surface area contributed by atoms with Gasteiger partial charge in [0.2, 0.25) is 5.91 Å². The van der Waals surface area contributed by atoms with Crippen LogP contribution in [0.25, 0.3) is 0 Å². The summed E-state index contributed by atoms with van der Waals surface area (Å²) in [6, 6.07) is 13.2. The van der Waals surface area contributed by atoms with Crippen LogP contribution in [0.4, 0.5) is 0 Å². The average molecular weight is 587 g/mol. The summed E-state index contributed by atoms with van der Waals surface area (Å²) in [6.45, 7) is 12.4. The van der Waals surface area contributed by atoms with Gasteiger partial charge in [-0.25, -0.2) is 0 Å². The molecule has 2 aromatic carbocycles. The Morgan fingerprint density at radius 1 is 1.16 bits per heavy atom. The first-order valence-corrected chi connectivity index (χ1v) is 14.2. The van der Waals surface area contributed by atoms with Crippen molar-refractivity contribution >= 4 is 27.7 Å². The molecule has 2 aromatic rings. The van der Waals surface area contributed by atoms with Gasteiger partial charge < -0.3 is 19.7 Å². The fraction of sp³-hybridized carbons (Fsp3) is 0.533. The molecule has 0 bridgehead atoms. The first-order chi connectivity index (χ1) is 18.0. The molecular formula is C30H40BrN3O4. The molecule has 4 rings (SSSR count). The predicted octanol–water partition coefficient (Wildman–Crippen LogP) is 5.32. The summed E-state index contributed by atoms with van der Waals surface area (Å²) in [6.07, 6.45) is 0.838. The first kappa shape index (κ1) is 28.4. The lowest BCUT2D eigenvalue weighted by molar-refractivity contribution is -0.151. The van der Waals surface area contributed by atoms with E-state index in [9.17, 15) is 9.59 Å². The zero-order chi connectivity index (χ0) is 27.6. The highest BCUT2D eigenvalue weighted by molar-refractivity contribution is 9.10. The molecule has 8 heteroatoms. The number of ether oxygens (including phenoxy) is 2. The second kappa shape index (κ2) is 11.7. The van der Waals surface area contributed by atoms with E-state index < -0.39 is 17.7 Å². The molecule has 1 saturated heterocycles. The third kappa shape index (κ3) is 6.34. The molecule has 2 unspecified atom stereocenters. The molecule has 1 fully saturated rings. The highest BCUT2D eigenvalue weighted by Gasteiger charge is 2.47. The number of carbonyl (C=O) groups excluding carboxylic acids is 2. The summed E-state index contributed by atoms with van der Waals surface area (Å²) in [4.78, 5) is 32.5. The van der Waals surface area contributed by atoms with Crippen molar-refractivity contribution < 1.29 is 19.1 Å². The van der Waals surface area contributed by atoms with Crippen molar-refractivity contribution in [2.75, 3.05) is 20.2 Å². The SMILES string of the molecule is COc1cc(Br)cc2c1OC(C(C)C)C(=O)N(C1CCN(Cc3ccccc3)CC1)C2C(=O)NC(C)(C)C. The quantitative estimate of drug-likeness (QED) is 0.496. The summed E-state index contributed by atoms with van der Waals surface area (Å²) in [5.74, 6) is 0.507.